The lowest BCUT2D eigenvalue weighted by molar-refractivity contribution is 0.0950. The van der Waals surface area contributed by atoms with Gasteiger partial charge in [-0.2, -0.15) is 5.26 Å². The van der Waals surface area contributed by atoms with Crippen molar-refractivity contribution in [3.05, 3.63) is 106 Å². The van der Waals surface area contributed by atoms with Crippen LogP contribution in [0.4, 0.5) is 4.39 Å². The zero-order chi connectivity index (χ0) is 25.7. The van der Waals surface area contributed by atoms with Crippen LogP contribution >= 0.6 is 11.6 Å². The zero-order valence-corrected chi connectivity index (χ0v) is 20.5. The minimum Gasteiger partial charge on any atom is -0.360 e. The summed E-state index contributed by atoms with van der Waals surface area (Å²) in [4.78, 5) is 24.3. The fourth-order valence-electron chi connectivity index (χ4n) is 3.84. The maximum Gasteiger partial charge on any atom is 0.251 e. The molecule has 0 fully saturated rings. The number of carbonyl (C=O) groups excluding carboxylic acids is 1. The van der Waals surface area contributed by atoms with Gasteiger partial charge in [0.2, 0.25) is 0 Å². The Hall–Kier alpha value is -4.28. The van der Waals surface area contributed by atoms with Crippen LogP contribution in [0, 0.1) is 17.1 Å². The molecule has 0 spiro atoms. The van der Waals surface area contributed by atoms with Gasteiger partial charge in [0.15, 0.2) is 0 Å². The molecule has 2 aromatic carbocycles. The summed E-state index contributed by atoms with van der Waals surface area (Å²) < 4.78 is 14.4. The van der Waals surface area contributed by atoms with Crippen molar-refractivity contribution in [2.75, 3.05) is 0 Å². The molecule has 3 aromatic heterocycles. The van der Waals surface area contributed by atoms with E-state index in [0.29, 0.717) is 39.2 Å². The molecule has 36 heavy (non-hydrogen) atoms. The van der Waals surface area contributed by atoms with Crippen molar-refractivity contribution in [2.24, 2.45) is 0 Å². The van der Waals surface area contributed by atoms with Gasteiger partial charge in [-0.25, -0.2) is 9.37 Å². The van der Waals surface area contributed by atoms with E-state index in [2.05, 4.69) is 20.3 Å². The molecule has 0 aliphatic carbocycles. The topological polar surface area (TPSA) is 94.5 Å². The van der Waals surface area contributed by atoms with Crippen LogP contribution in [-0.4, -0.2) is 20.9 Å². The molecule has 3 heterocycles. The molecule has 180 valence electrons. The molecule has 0 radical (unpaired) electrons. The second kappa shape index (κ2) is 11.0. The number of fused-ring (bicyclic) bond motifs is 2. The predicted molar refractivity (Wildman–Crippen MR) is 139 cm³/mol. The summed E-state index contributed by atoms with van der Waals surface area (Å²) in [7, 11) is 0. The number of hydrogen-bond acceptors (Lipinski definition) is 4. The van der Waals surface area contributed by atoms with Gasteiger partial charge in [0, 0.05) is 58.5 Å². The van der Waals surface area contributed by atoms with E-state index in [1.165, 1.54) is 6.07 Å². The Balaban J connectivity index is 0.00000148. The highest BCUT2D eigenvalue weighted by molar-refractivity contribution is 6.35. The molecular formula is C28H23ClFN5O. The maximum atomic E-state index is 14.4. The second-order valence-electron chi connectivity index (χ2n) is 7.86. The van der Waals surface area contributed by atoms with Crippen molar-refractivity contribution >= 4 is 39.3 Å². The first-order valence-corrected chi connectivity index (χ1v) is 11.9. The third kappa shape index (κ3) is 5.35. The first-order chi connectivity index (χ1) is 17.5. The summed E-state index contributed by atoms with van der Waals surface area (Å²) in [6.45, 7) is 4.03. The first kappa shape index (κ1) is 24.8. The first-order valence-electron chi connectivity index (χ1n) is 11.5. The normalized spacial score (nSPS) is 10.5. The third-order valence-electron chi connectivity index (χ3n) is 5.57. The van der Waals surface area contributed by atoms with Gasteiger partial charge in [-0.05, 0) is 54.1 Å². The van der Waals surface area contributed by atoms with E-state index in [-0.39, 0.29) is 12.5 Å². The fourth-order valence-corrected chi connectivity index (χ4v) is 4.05. The minimum atomic E-state index is -0.422. The fraction of sp³-hybridized carbons (Fsp3) is 0.143. The molecule has 0 saturated heterocycles. The van der Waals surface area contributed by atoms with E-state index in [0.717, 1.165) is 22.2 Å². The molecule has 6 nitrogen and oxygen atoms in total. The van der Waals surface area contributed by atoms with Crippen molar-refractivity contribution in [2.45, 2.75) is 26.8 Å². The number of halogens is 2. The van der Waals surface area contributed by atoms with Crippen molar-refractivity contribution in [3.8, 4) is 6.07 Å². The Kier molecular flexibility index (Phi) is 7.57. The molecular weight excluding hydrogens is 477 g/mol. The van der Waals surface area contributed by atoms with Crippen LogP contribution in [0.2, 0.25) is 5.02 Å². The van der Waals surface area contributed by atoms with Crippen molar-refractivity contribution in [1.29, 1.82) is 5.26 Å². The van der Waals surface area contributed by atoms with Crippen molar-refractivity contribution < 1.29 is 9.18 Å². The van der Waals surface area contributed by atoms with Crippen LogP contribution in [-0.2, 0) is 13.0 Å². The van der Waals surface area contributed by atoms with Crippen LogP contribution < -0.4 is 5.32 Å². The average Bonchev–Trinajstić information content (AvgIpc) is 3.27. The van der Waals surface area contributed by atoms with E-state index in [1.807, 2.05) is 44.2 Å². The van der Waals surface area contributed by atoms with E-state index < -0.39 is 5.82 Å². The minimum absolute atomic E-state index is 0.0299. The molecule has 2 N–H and O–H groups in total. The summed E-state index contributed by atoms with van der Waals surface area (Å²) in [5, 5.41) is 13.9. The predicted octanol–water partition coefficient (Wildman–Crippen LogP) is 6.32. The number of benzene rings is 2. The molecule has 8 heteroatoms. The summed E-state index contributed by atoms with van der Waals surface area (Å²) in [5.41, 5.74) is 4.23. The smallest absolute Gasteiger partial charge is 0.251 e. The van der Waals surface area contributed by atoms with Gasteiger partial charge >= 0.3 is 0 Å². The third-order valence-corrected chi connectivity index (χ3v) is 5.88. The molecule has 0 saturated carbocycles. The van der Waals surface area contributed by atoms with Crippen LogP contribution in [0.15, 0.2) is 67.0 Å². The van der Waals surface area contributed by atoms with Crippen LogP contribution in [0.1, 0.15) is 46.7 Å². The molecule has 0 aliphatic rings. The Labute approximate surface area is 212 Å². The standard InChI is InChI=1S/C26H17ClFN5O.C2H6/c27-22-14-31-25-11-23(28)18(10-21(22)25)13-32-26(34)17-5-6-30-20(9-17)8-15-1-4-24-16(7-15)2-3-19(12-29)33-24;1-2/h1-7,9-11,14,31H,8,13H2,(H,32,34);1-2H3. The Morgan fingerprint density at radius 2 is 1.97 bits per heavy atom. The van der Waals surface area contributed by atoms with Gasteiger partial charge in [-0.1, -0.05) is 31.5 Å². The van der Waals surface area contributed by atoms with Gasteiger partial charge in [0.05, 0.1) is 10.5 Å². The number of pyridine rings is 2. The SMILES string of the molecule is CC.N#Cc1ccc2cc(Cc3cc(C(=O)NCc4cc5c(Cl)c[nH]c5cc4F)ccn3)ccc2n1. The maximum absolute atomic E-state index is 14.4. The van der Waals surface area contributed by atoms with Gasteiger partial charge in [-0.3, -0.25) is 9.78 Å². The largest absolute Gasteiger partial charge is 0.360 e. The summed E-state index contributed by atoms with van der Waals surface area (Å²) in [6.07, 6.45) is 3.70. The lowest BCUT2D eigenvalue weighted by Gasteiger charge is -2.09. The summed E-state index contributed by atoms with van der Waals surface area (Å²) >= 11 is 6.12. The van der Waals surface area contributed by atoms with Gasteiger partial charge in [0.1, 0.15) is 17.6 Å². The van der Waals surface area contributed by atoms with E-state index in [1.54, 1.807) is 36.7 Å². The number of rotatable bonds is 5. The Morgan fingerprint density at radius 3 is 2.78 bits per heavy atom. The number of nitrogens with zero attached hydrogens (tertiary/aromatic N) is 3. The number of carbonyl (C=O) groups is 1. The van der Waals surface area contributed by atoms with Crippen molar-refractivity contribution in [3.63, 3.8) is 0 Å². The quantitative estimate of drug-likeness (QED) is 0.296. The van der Waals surface area contributed by atoms with Gasteiger partial charge in [0.25, 0.3) is 5.91 Å². The molecule has 0 atom stereocenters. The molecule has 5 rings (SSSR count). The van der Waals surface area contributed by atoms with Crippen molar-refractivity contribution in [1.82, 2.24) is 20.3 Å². The highest BCUT2D eigenvalue weighted by atomic mass is 35.5. The molecule has 0 bridgehead atoms. The lowest BCUT2D eigenvalue weighted by Crippen LogP contribution is -2.23. The van der Waals surface area contributed by atoms with Crippen LogP contribution in [0.5, 0.6) is 0 Å². The highest BCUT2D eigenvalue weighted by Crippen LogP contribution is 2.26. The molecule has 1 amide bonds. The number of aromatic nitrogens is 3. The van der Waals surface area contributed by atoms with E-state index in [4.69, 9.17) is 16.9 Å². The van der Waals surface area contributed by atoms with Gasteiger partial charge < -0.3 is 10.3 Å². The zero-order valence-electron chi connectivity index (χ0n) is 19.8. The number of aromatic amines is 1. The van der Waals surface area contributed by atoms with Gasteiger partial charge in [-0.15, -0.1) is 0 Å². The Morgan fingerprint density at radius 1 is 1.14 bits per heavy atom. The number of nitrogens with one attached hydrogen (secondary N) is 2. The van der Waals surface area contributed by atoms with Crippen LogP contribution in [0.3, 0.4) is 0 Å². The number of hydrogen-bond donors (Lipinski definition) is 2. The summed E-state index contributed by atoms with van der Waals surface area (Å²) in [5.74, 6) is -0.746. The number of nitriles is 1. The second-order valence-corrected chi connectivity index (χ2v) is 8.26. The number of H-pyrrole nitrogens is 1. The number of amides is 1. The lowest BCUT2D eigenvalue weighted by atomic mass is 10.0. The summed E-state index contributed by atoms with van der Waals surface area (Å²) in [6, 6.07) is 17.7. The molecule has 0 aliphatic heterocycles. The van der Waals surface area contributed by atoms with Crippen LogP contribution in [0.25, 0.3) is 21.8 Å². The Bertz CT molecular complexity index is 1610. The van der Waals surface area contributed by atoms with E-state index in [9.17, 15) is 9.18 Å². The average molecular weight is 500 g/mol. The molecule has 0 unspecified atom stereocenters. The highest BCUT2D eigenvalue weighted by Gasteiger charge is 2.12. The monoisotopic (exact) mass is 499 g/mol. The van der Waals surface area contributed by atoms with E-state index >= 15 is 0 Å². The molecule has 5 aromatic rings.